The molecule has 0 N–H and O–H groups in total. The van der Waals surface area contributed by atoms with Crippen LogP contribution in [0.15, 0.2) is 119 Å². The molecule has 236 valence electrons. The average molecular weight is 635 g/mol. The van der Waals surface area contributed by atoms with Gasteiger partial charge in [-0.2, -0.15) is 9.13 Å². The molecule has 5 heterocycles. The molecule has 3 unspecified atom stereocenters. The molecule has 1 saturated carbocycles. The van der Waals surface area contributed by atoms with Crippen LogP contribution < -0.4 is 9.13 Å². The first kappa shape index (κ1) is 27.6. The molecular formula is C46H38N2O+2. The van der Waals surface area contributed by atoms with E-state index in [9.17, 15) is 0 Å². The number of rotatable bonds is 2. The summed E-state index contributed by atoms with van der Waals surface area (Å²) in [5.41, 5.74) is 20.6. The number of allylic oxidation sites excluding steroid dienone is 2. The predicted molar refractivity (Wildman–Crippen MR) is 197 cm³/mol. The summed E-state index contributed by atoms with van der Waals surface area (Å²) in [5, 5.41) is 2.43. The van der Waals surface area contributed by atoms with Crippen molar-refractivity contribution >= 4 is 27.5 Å². The van der Waals surface area contributed by atoms with Crippen LogP contribution in [0.2, 0.25) is 0 Å². The number of benzene rings is 4. The normalized spacial score (nSPS) is 20.9. The highest BCUT2D eigenvalue weighted by atomic mass is 16.3. The van der Waals surface area contributed by atoms with Gasteiger partial charge in [-0.25, -0.2) is 0 Å². The maximum absolute atomic E-state index is 7.22. The lowest BCUT2D eigenvalue weighted by atomic mass is 9.90. The minimum Gasteiger partial charge on any atom is -0.454 e. The van der Waals surface area contributed by atoms with Gasteiger partial charge in [0, 0.05) is 45.7 Å². The van der Waals surface area contributed by atoms with Crippen molar-refractivity contribution in [3.63, 3.8) is 0 Å². The Morgan fingerprint density at radius 3 is 2.29 bits per heavy atom. The van der Waals surface area contributed by atoms with Crippen molar-refractivity contribution in [3.8, 4) is 33.6 Å². The minimum atomic E-state index is -0.270. The van der Waals surface area contributed by atoms with Gasteiger partial charge in [-0.15, -0.1) is 0 Å². The Hall–Kier alpha value is -5.28. The molecule has 3 aromatic heterocycles. The summed E-state index contributed by atoms with van der Waals surface area (Å²) in [5.74, 6) is 0.657. The van der Waals surface area contributed by atoms with E-state index < -0.39 is 0 Å². The summed E-state index contributed by atoms with van der Waals surface area (Å²) < 4.78 is 12.5. The van der Waals surface area contributed by atoms with Gasteiger partial charge in [0.25, 0.3) is 5.54 Å². The van der Waals surface area contributed by atoms with E-state index in [2.05, 4.69) is 153 Å². The maximum atomic E-state index is 7.22. The molecule has 4 aliphatic rings. The van der Waals surface area contributed by atoms with E-state index in [1.54, 1.807) is 0 Å². The van der Waals surface area contributed by atoms with Crippen LogP contribution in [0.3, 0.4) is 0 Å². The molecule has 1 fully saturated rings. The highest BCUT2D eigenvalue weighted by molar-refractivity contribution is 6.13. The molecule has 4 aromatic carbocycles. The Kier molecular flexibility index (Phi) is 5.21. The van der Waals surface area contributed by atoms with Gasteiger partial charge in [0.1, 0.15) is 17.1 Å². The molecule has 2 aliphatic carbocycles. The van der Waals surface area contributed by atoms with E-state index in [1.165, 1.54) is 88.9 Å². The summed E-state index contributed by atoms with van der Waals surface area (Å²) in [7, 11) is 0. The number of nitrogens with zero attached hydrogens (tertiary/aromatic N) is 2. The van der Waals surface area contributed by atoms with Crippen LogP contribution in [0, 0.1) is 6.92 Å². The van der Waals surface area contributed by atoms with Gasteiger partial charge in [-0.05, 0) is 84.7 Å². The minimum absolute atomic E-state index is 0.256. The molecule has 2 aliphatic heterocycles. The highest BCUT2D eigenvalue weighted by Crippen LogP contribution is 2.71. The van der Waals surface area contributed by atoms with Gasteiger partial charge in [0.05, 0.1) is 11.1 Å². The van der Waals surface area contributed by atoms with Gasteiger partial charge in [-0.1, -0.05) is 80.1 Å². The molecule has 3 nitrogen and oxygen atoms in total. The molecule has 11 rings (SSSR count). The largest absolute Gasteiger partial charge is 0.454 e. The Labute approximate surface area is 286 Å². The van der Waals surface area contributed by atoms with Crippen molar-refractivity contribution in [2.75, 3.05) is 0 Å². The standard InChI is InChI=1S/C46H38N2O/c1-25(2)36-24-48-39(23-35(36)30-13-7-6-12-26(30)3)41-37(20-19-34-33-18-17-29-22-27(4)28(5)40(29)43(33)49-44(34)41)46(48)42-32-15-9-8-14-31(32)38-16-10-11-21-47(38)45(42)46/h6-21,23-25,42,45H,22H2,1-5H3/q+2. The van der Waals surface area contributed by atoms with Crippen LogP contribution in [0.4, 0.5) is 0 Å². The van der Waals surface area contributed by atoms with Crippen molar-refractivity contribution in [1.82, 2.24) is 0 Å². The van der Waals surface area contributed by atoms with E-state index in [0.717, 1.165) is 17.6 Å². The second-order valence-corrected chi connectivity index (χ2v) is 15.2. The molecule has 7 aromatic rings. The topological polar surface area (TPSA) is 20.9 Å². The third-order valence-corrected chi connectivity index (χ3v) is 12.5. The third kappa shape index (κ3) is 3.25. The van der Waals surface area contributed by atoms with Gasteiger partial charge in [0.15, 0.2) is 12.4 Å². The fourth-order valence-corrected chi connectivity index (χ4v) is 10.2. The number of pyridine rings is 2. The van der Waals surface area contributed by atoms with Crippen LogP contribution in [0.25, 0.3) is 61.2 Å². The van der Waals surface area contributed by atoms with Crippen LogP contribution in [-0.2, 0) is 12.0 Å². The monoisotopic (exact) mass is 634 g/mol. The lowest BCUT2D eigenvalue weighted by molar-refractivity contribution is -0.772. The molecule has 1 spiro atoms. The predicted octanol–water partition coefficient (Wildman–Crippen LogP) is 10.4. The molecule has 3 atom stereocenters. The van der Waals surface area contributed by atoms with Gasteiger partial charge >= 0.3 is 0 Å². The second-order valence-electron chi connectivity index (χ2n) is 15.2. The SMILES string of the molecule is CC1=C(C)c2c(ccc3c2oc2c4c(ccc23)C2(C3c5ccccc5-c5cccc[n+]5C32)[n+]2cc(C(C)C)c(-c3ccccc3C)cc2-4)C1. The van der Waals surface area contributed by atoms with Gasteiger partial charge in [0.2, 0.25) is 17.4 Å². The fourth-order valence-electron chi connectivity index (χ4n) is 10.2. The Morgan fingerprint density at radius 2 is 1.47 bits per heavy atom. The van der Waals surface area contributed by atoms with E-state index >= 15 is 0 Å². The lowest BCUT2D eigenvalue weighted by Gasteiger charge is -2.15. The maximum Gasteiger partial charge on any atom is 0.269 e. The summed E-state index contributed by atoms with van der Waals surface area (Å²) in [4.78, 5) is 0. The number of furan rings is 1. The molecule has 0 saturated heterocycles. The summed E-state index contributed by atoms with van der Waals surface area (Å²) in [6, 6.07) is 36.8. The first-order valence-electron chi connectivity index (χ1n) is 17.8. The molecule has 0 bridgehead atoms. The highest BCUT2D eigenvalue weighted by Gasteiger charge is 2.86. The first-order valence-corrected chi connectivity index (χ1v) is 17.8. The van der Waals surface area contributed by atoms with Gasteiger partial charge in [-0.3, -0.25) is 0 Å². The van der Waals surface area contributed by atoms with E-state index in [0.29, 0.717) is 11.8 Å². The Bertz CT molecular complexity index is 2620. The van der Waals surface area contributed by atoms with E-state index in [4.69, 9.17) is 4.42 Å². The number of hydrogen-bond acceptors (Lipinski definition) is 1. The zero-order valence-electron chi connectivity index (χ0n) is 28.6. The van der Waals surface area contributed by atoms with Gasteiger partial charge < -0.3 is 4.42 Å². The number of aromatic nitrogens is 2. The fraction of sp³-hybridized carbons (Fsp3) is 0.217. The molecule has 0 radical (unpaired) electrons. The smallest absolute Gasteiger partial charge is 0.269 e. The van der Waals surface area contributed by atoms with Crippen molar-refractivity contribution < 1.29 is 13.6 Å². The van der Waals surface area contributed by atoms with Crippen molar-refractivity contribution in [2.24, 2.45) is 0 Å². The Morgan fingerprint density at radius 1 is 0.735 bits per heavy atom. The van der Waals surface area contributed by atoms with Crippen LogP contribution >= 0.6 is 0 Å². The van der Waals surface area contributed by atoms with Crippen LogP contribution in [-0.4, -0.2) is 0 Å². The zero-order valence-corrected chi connectivity index (χ0v) is 28.6. The number of aryl methyl sites for hydroxylation is 1. The molecule has 3 heteroatoms. The van der Waals surface area contributed by atoms with Crippen LogP contribution in [0.1, 0.15) is 79.0 Å². The first-order chi connectivity index (χ1) is 23.9. The van der Waals surface area contributed by atoms with E-state index in [-0.39, 0.29) is 11.6 Å². The quantitative estimate of drug-likeness (QED) is 0.173. The van der Waals surface area contributed by atoms with Crippen LogP contribution in [0.5, 0.6) is 0 Å². The number of hydrogen-bond donors (Lipinski definition) is 0. The Balaban J connectivity index is 1.29. The summed E-state index contributed by atoms with van der Waals surface area (Å²) >= 11 is 0. The third-order valence-electron chi connectivity index (χ3n) is 12.5. The van der Waals surface area contributed by atoms with Crippen molar-refractivity contribution in [2.45, 2.75) is 64.5 Å². The second kappa shape index (κ2) is 9.24. The van der Waals surface area contributed by atoms with E-state index in [1.807, 2.05) is 0 Å². The molecule has 49 heavy (non-hydrogen) atoms. The summed E-state index contributed by atoms with van der Waals surface area (Å²) in [6.07, 6.45) is 5.83. The molecule has 0 amide bonds. The number of fused-ring (bicyclic) bond motifs is 19. The molecular weight excluding hydrogens is 597 g/mol. The zero-order chi connectivity index (χ0) is 32.9. The lowest BCUT2D eigenvalue weighted by Crippen LogP contribution is -2.51. The van der Waals surface area contributed by atoms with Crippen molar-refractivity contribution in [1.29, 1.82) is 0 Å². The summed E-state index contributed by atoms with van der Waals surface area (Å²) in [6.45, 7) is 11.5. The average Bonchev–Trinajstić information content (AvgIpc) is 3.37. The van der Waals surface area contributed by atoms with Crippen molar-refractivity contribution in [3.05, 3.63) is 148 Å².